The number of carbonyl (C=O) groups excluding carboxylic acids is 2. The Morgan fingerprint density at radius 1 is 1.00 bits per heavy atom. The number of hydrogen-bond acceptors (Lipinski definition) is 3. The van der Waals surface area contributed by atoms with Crippen molar-refractivity contribution in [3.8, 4) is 0 Å². The number of thioether (sulfide) groups is 1. The first-order chi connectivity index (χ1) is 14.2. The molecule has 2 amide bonds. The van der Waals surface area contributed by atoms with Crippen molar-refractivity contribution in [2.45, 2.75) is 18.7 Å². The monoisotopic (exact) mass is 402 g/mol. The molecule has 0 bridgehead atoms. The summed E-state index contributed by atoms with van der Waals surface area (Å²) in [6.45, 7) is 2.09. The molecule has 0 radical (unpaired) electrons. The van der Waals surface area contributed by atoms with Crippen molar-refractivity contribution in [3.05, 3.63) is 95.6 Å². The van der Waals surface area contributed by atoms with Gasteiger partial charge in [-0.2, -0.15) is 0 Å². The van der Waals surface area contributed by atoms with Gasteiger partial charge < -0.3 is 5.32 Å². The van der Waals surface area contributed by atoms with Crippen molar-refractivity contribution in [2.75, 3.05) is 16.0 Å². The van der Waals surface area contributed by atoms with Gasteiger partial charge in [-0.15, -0.1) is 11.8 Å². The Hall–Kier alpha value is -3.05. The molecule has 3 aromatic carbocycles. The molecule has 4 rings (SSSR count). The minimum atomic E-state index is -0.128. The molecule has 1 saturated heterocycles. The second kappa shape index (κ2) is 8.53. The summed E-state index contributed by atoms with van der Waals surface area (Å²) in [5.74, 6) is 0.446. The molecule has 1 heterocycles. The number of nitrogens with zero attached hydrogens (tertiary/aromatic N) is 1. The van der Waals surface area contributed by atoms with Crippen LogP contribution in [-0.4, -0.2) is 17.6 Å². The van der Waals surface area contributed by atoms with Gasteiger partial charge in [0, 0.05) is 16.9 Å². The lowest BCUT2D eigenvalue weighted by molar-refractivity contribution is -0.115. The number of benzene rings is 3. The maximum atomic E-state index is 12.5. The van der Waals surface area contributed by atoms with Crippen LogP contribution in [0, 0.1) is 0 Å². The van der Waals surface area contributed by atoms with Crippen LogP contribution in [-0.2, 0) is 11.2 Å². The molecule has 1 atom stereocenters. The van der Waals surface area contributed by atoms with E-state index in [-0.39, 0.29) is 17.2 Å². The highest BCUT2D eigenvalue weighted by Crippen LogP contribution is 2.41. The van der Waals surface area contributed by atoms with Gasteiger partial charge in [0.2, 0.25) is 5.91 Å². The van der Waals surface area contributed by atoms with E-state index in [0.717, 1.165) is 23.4 Å². The predicted molar refractivity (Wildman–Crippen MR) is 119 cm³/mol. The molecule has 4 nitrogen and oxygen atoms in total. The van der Waals surface area contributed by atoms with Crippen LogP contribution >= 0.6 is 11.8 Å². The van der Waals surface area contributed by atoms with Crippen LogP contribution in [0.15, 0.2) is 78.9 Å². The number of rotatable bonds is 5. The summed E-state index contributed by atoms with van der Waals surface area (Å²) >= 11 is 1.62. The zero-order valence-corrected chi connectivity index (χ0v) is 17.0. The smallest absolute Gasteiger partial charge is 0.255 e. The van der Waals surface area contributed by atoms with Crippen molar-refractivity contribution in [1.29, 1.82) is 0 Å². The van der Waals surface area contributed by atoms with Crippen LogP contribution in [0.1, 0.15) is 33.8 Å². The normalized spacial score (nSPS) is 16.1. The highest BCUT2D eigenvalue weighted by Gasteiger charge is 2.33. The van der Waals surface area contributed by atoms with E-state index in [4.69, 9.17) is 0 Å². The first kappa shape index (κ1) is 19.3. The van der Waals surface area contributed by atoms with E-state index in [1.807, 2.05) is 83.8 Å². The van der Waals surface area contributed by atoms with E-state index in [9.17, 15) is 9.59 Å². The minimum absolute atomic E-state index is 0.0590. The quantitative estimate of drug-likeness (QED) is 0.632. The molecule has 1 aliphatic rings. The molecule has 1 aliphatic heterocycles. The Balaban J connectivity index is 1.48. The van der Waals surface area contributed by atoms with Crippen molar-refractivity contribution in [2.24, 2.45) is 0 Å². The van der Waals surface area contributed by atoms with Gasteiger partial charge in [-0.05, 0) is 53.9 Å². The van der Waals surface area contributed by atoms with E-state index in [2.05, 4.69) is 12.2 Å². The molecule has 29 heavy (non-hydrogen) atoms. The molecule has 3 aromatic rings. The topological polar surface area (TPSA) is 49.4 Å². The van der Waals surface area contributed by atoms with Gasteiger partial charge in [-0.1, -0.05) is 49.4 Å². The molecule has 1 fully saturated rings. The third-order valence-corrected chi connectivity index (χ3v) is 6.19. The second-order valence-corrected chi connectivity index (χ2v) is 7.96. The van der Waals surface area contributed by atoms with Gasteiger partial charge in [0.05, 0.1) is 5.75 Å². The summed E-state index contributed by atoms with van der Waals surface area (Å²) in [5, 5.41) is 2.88. The maximum absolute atomic E-state index is 12.5. The fourth-order valence-electron chi connectivity index (χ4n) is 3.36. The molecule has 0 aromatic heterocycles. The number of anilines is 2. The summed E-state index contributed by atoms with van der Waals surface area (Å²) in [6, 6.07) is 25.1. The Morgan fingerprint density at radius 3 is 2.34 bits per heavy atom. The molecule has 0 spiro atoms. The number of para-hydroxylation sites is 1. The molecule has 0 aliphatic carbocycles. The highest BCUT2D eigenvalue weighted by molar-refractivity contribution is 8.00. The molecule has 5 heteroatoms. The molecular weight excluding hydrogens is 380 g/mol. The maximum Gasteiger partial charge on any atom is 0.255 e. The molecule has 1 N–H and O–H groups in total. The van der Waals surface area contributed by atoms with E-state index in [1.54, 1.807) is 11.8 Å². The van der Waals surface area contributed by atoms with Gasteiger partial charge in [0.1, 0.15) is 5.37 Å². The molecule has 1 unspecified atom stereocenters. The van der Waals surface area contributed by atoms with Crippen LogP contribution < -0.4 is 10.2 Å². The van der Waals surface area contributed by atoms with Gasteiger partial charge >= 0.3 is 0 Å². The van der Waals surface area contributed by atoms with Crippen molar-refractivity contribution in [3.63, 3.8) is 0 Å². The zero-order chi connectivity index (χ0) is 20.2. The van der Waals surface area contributed by atoms with E-state index < -0.39 is 0 Å². The number of nitrogens with one attached hydrogen (secondary N) is 1. The van der Waals surface area contributed by atoms with E-state index in [0.29, 0.717) is 11.3 Å². The van der Waals surface area contributed by atoms with Crippen LogP contribution in [0.25, 0.3) is 0 Å². The van der Waals surface area contributed by atoms with Gasteiger partial charge in [0.25, 0.3) is 5.91 Å². The van der Waals surface area contributed by atoms with Crippen molar-refractivity contribution < 1.29 is 9.59 Å². The fraction of sp³-hybridized carbons (Fsp3) is 0.167. The third-order valence-electron chi connectivity index (χ3n) is 4.98. The first-order valence-electron chi connectivity index (χ1n) is 9.64. The summed E-state index contributed by atoms with van der Waals surface area (Å²) in [5.41, 5.74) is 4.52. The van der Waals surface area contributed by atoms with Crippen molar-refractivity contribution in [1.82, 2.24) is 0 Å². The van der Waals surface area contributed by atoms with Crippen LogP contribution in [0.4, 0.5) is 11.4 Å². The number of aryl methyl sites for hydroxylation is 1. The molecule has 146 valence electrons. The van der Waals surface area contributed by atoms with Crippen LogP contribution in [0.3, 0.4) is 0 Å². The first-order valence-corrected chi connectivity index (χ1v) is 10.7. The largest absolute Gasteiger partial charge is 0.322 e. The second-order valence-electron chi connectivity index (χ2n) is 6.89. The fourth-order valence-corrected chi connectivity index (χ4v) is 4.54. The molecule has 0 saturated carbocycles. The van der Waals surface area contributed by atoms with Crippen LogP contribution in [0.5, 0.6) is 0 Å². The Bertz CT molecular complexity index is 1000. The van der Waals surface area contributed by atoms with Crippen LogP contribution in [0.2, 0.25) is 0 Å². The number of amides is 2. The van der Waals surface area contributed by atoms with Gasteiger partial charge in [-0.25, -0.2) is 0 Å². The zero-order valence-electron chi connectivity index (χ0n) is 16.2. The summed E-state index contributed by atoms with van der Waals surface area (Å²) in [6.07, 6.45) is 0.949. The number of carbonyl (C=O) groups is 2. The van der Waals surface area contributed by atoms with E-state index in [1.165, 1.54) is 5.56 Å². The SMILES string of the molecule is CCc1ccc(C(=O)Nc2ccc(C3SCC(=O)N3c3ccccc3)cc2)cc1. The average molecular weight is 403 g/mol. The standard InChI is InChI=1S/C24H22N2O2S/c1-2-17-8-10-18(11-9-17)23(28)25-20-14-12-19(13-15-20)24-26(22(27)16-29-24)21-6-4-3-5-7-21/h3-15,24H,2,16H2,1H3,(H,25,28). The highest BCUT2D eigenvalue weighted by atomic mass is 32.2. The molecular formula is C24H22N2O2S. The summed E-state index contributed by atoms with van der Waals surface area (Å²) in [4.78, 5) is 26.7. The Labute approximate surface area is 174 Å². The predicted octanol–water partition coefficient (Wildman–Crippen LogP) is 5.28. The van der Waals surface area contributed by atoms with E-state index >= 15 is 0 Å². The Morgan fingerprint density at radius 2 is 1.69 bits per heavy atom. The number of hydrogen-bond donors (Lipinski definition) is 1. The van der Waals surface area contributed by atoms with Crippen molar-refractivity contribution >= 4 is 35.0 Å². The average Bonchev–Trinajstić information content (AvgIpc) is 3.16. The van der Waals surface area contributed by atoms with Gasteiger partial charge in [-0.3, -0.25) is 14.5 Å². The summed E-state index contributed by atoms with van der Waals surface area (Å²) < 4.78 is 0. The third kappa shape index (κ3) is 4.20. The summed E-state index contributed by atoms with van der Waals surface area (Å²) in [7, 11) is 0. The lowest BCUT2D eigenvalue weighted by Gasteiger charge is -2.24. The minimum Gasteiger partial charge on any atom is -0.322 e. The van der Waals surface area contributed by atoms with Gasteiger partial charge in [0.15, 0.2) is 0 Å². The Kier molecular flexibility index (Phi) is 5.67. The lowest BCUT2D eigenvalue weighted by atomic mass is 10.1. The lowest BCUT2D eigenvalue weighted by Crippen LogP contribution is -2.27.